The van der Waals surface area contributed by atoms with E-state index in [0.29, 0.717) is 5.75 Å². The van der Waals surface area contributed by atoms with Gasteiger partial charge in [-0.15, -0.1) is 0 Å². The van der Waals surface area contributed by atoms with Gasteiger partial charge in [0.05, 0.1) is 0 Å². The highest BCUT2D eigenvalue weighted by molar-refractivity contribution is 5.73. The van der Waals surface area contributed by atoms with Gasteiger partial charge in [0.25, 0.3) is 0 Å². The fourth-order valence-electron chi connectivity index (χ4n) is 2.12. The van der Waals surface area contributed by atoms with Crippen LogP contribution in [0.4, 0.5) is 4.79 Å². The predicted molar refractivity (Wildman–Crippen MR) is 90.7 cm³/mol. The topological polar surface area (TPSA) is 81.7 Å². The number of amides is 1. The summed E-state index contributed by atoms with van der Waals surface area (Å²) in [7, 11) is 0. The molecule has 0 aromatic heterocycles. The highest BCUT2D eigenvalue weighted by Crippen LogP contribution is 2.13. The van der Waals surface area contributed by atoms with E-state index in [1.165, 1.54) is 6.92 Å². The summed E-state index contributed by atoms with van der Waals surface area (Å²) in [6, 6.07) is 15.0. The third kappa shape index (κ3) is 6.47. The van der Waals surface area contributed by atoms with Crippen molar-refractivity contribution >= 4 is 18.3 Å². The van der Waals surface area contributed by atoms with Gasteiger partial charge in [0.1, 0.15) is 18.4 Å². The first-order valence-corrected chi connectivity index (χ1v) is 7.69. The first kappa shape index (κ1) is 18.2. The Morgan fingerprint density at radius 2 is 1.72 bits per heavy atom. The average Bonchev–Trinajstić information content (AvgIpc) is 2.61. The molecule has 2 aromatic carbocycles. The van der Waals surface area contributed by atoms with Crippen LogP contribution in [0.5, 0.6) is 5.75 Å². The Kier molecular flexibility index (Phi) is 6.71. The molecule has 0 spiro atoms. The first-order valence-electron chi connectivity index (χ1n) is 7.69. The minimum absolute atomic E-state index is 0.120. The highest BCUT2D eigenvalue weighted by atomic mass is 16.5. The van der Waals surface area contributed by atoms with Crippen molar-refractivity contribution in [3.63, 3.8) is 0 Å². The number of alkyl carbamates (subject to hydrolysis) is 1. The van der Waals surface area contributed by atoms with Gasteiger partial charge >= 0.3 is 12.1 Å². The molecule has 0 bridgehead atoms. The summed E-state index contributed by atoms with van der Waals surface area (Å²) in [5.74, 6) is 0.00722. The van der Waals surface area contributed by atoms with Crippen molar-refractivity contribution in [2.45, 2.75) is 26.0 Å². The first-order chi connectivity index (χ1) is 12.1. The minimum Gasteiger partial charge on any atom is -0.445 e. The van der Waals surface area contributed by atoms with E-state index >= 15 is 0 Å². The molecule has 0 aliphatic rings. The van der Waals surface area contributed by atoms with Crippen molar-refractivity contribution < 1.29 is 23.9 Å². The molecule has 0 saturated heterocycles. The second-order valence-electron chi connectivity index (χ2n) is 5.32. The number of carbonyl (C=O) groups excluding carboxylic acids is 3. The van der Waals surface area contributed by atoms with Gasteiger partial charge in [-0.05, 0) is 23.3 Å². The molecule has 0 aliphatic carbocycles. The highest BCUT2D eigenvalue weighted by Gasteiger charge is 2.14. The van der Waals surface area contributed by atoms with E-state index in [-0.39, 0.29) is 13.0 Å². The maximum absolute atomic E-state index is 11.8. The average molecular weight is 340 g/mol. The van der Waals surface area contributed by atoms with Crippen LogP contribution in [0, 0.1) is 0 Å². The summed E-state index contributed by atoms with van der Waals surface area (Å²) in [6.45, 7) is 1.44. The third-order valence-corrected chi connectivity index (χ3v) is 3.27. The fourth-order valence-corrected chi connectivity index (χ4v) is 2.12. The zero-order valence-corrected chi connectivity index (χ0v) is 13.7. The molecule has 1 unspecified atom stereocenters. The van der Waals surface area contributed by atoms with Gasteiger partial charge in [0, 0.05) is 13.3 Å². The Morgan fingerprint density at radius 3 is 2.32 bits per heavy atom. The van der Waals surface area contributed by atoms with Gasteiger partial charge in [-0.3, -0.25) is 9.59 Å². The molecule has 129 valence electrons. The van der Waals surface area contributed by atoms with E-state index in [2.05, 4.69) is 5.32 Å². The predicted octanol–water partition coefficient (Wildman–Crippen LogP) is 2.56. The number of nitrogens with one attached hydrogen (secondary N) is 1. The summed E-state index contributed by atoms with van der Waals surface area (Å²) < 4.78 is 10.0. The van der Waals surface area contributed by atoms with Gasteiger partial charge in [-0.25, -0.2) is 4.79 Å². The molecule has 0 fully saturated rings. The van der Waals surface area contributed by atoms with Crippen LogP contribution in [-0.4, -0.2) is 24.4 Å². The molecule has 1 atom stereocenters. The van der Waals surface area contributed by atoms with Crippen LogP contribution in [0.15, 0.2) is 54.6 Å². The standard InChI is InChI=1S/C19H18NO5/c1-14(22)25-18-9-7-15(8-10-18)11-17(12-21)20-19(23)24-13-16-5-3-2-4-6-16/h2-10,17H,11,13H2,1H3,(H,20,23). The van der Waals surface area contributed by atoms with E-state index in [1.54, 1.807) is 30.6 Å². The smallest absolute Gasteiger partial charge is 0.408 e. The molecule has 1 radical (unpaired) electrons. The Hall–Kier alpha value is -3.15. The second kappa shape index (κ2) is 9.22. The van der Waals surface area contributed by atoms with Gasteiger partial charge < -0.3 is 14.8 Å². The molecule has 6 nitrogen and oxygen atoms in total. The normalized spacial score (nSPS) is 11.2. The van der Waals surface area contributed by atoms with Gasteiger partial charge in [0.15, 0.2) is 0 Å². The van der Waals surface area contributed by atoms with Crippen LogP contribution < -0.4 is 10.1 Å². The van der Waals surface area contributed by atoms with Crippen molar-refractivity contribution in [1.82, 2.24) is 5.32 Å². The summed E-state index contributed by atoms with van der Waals surface area (Å²) >= 11 is 0. The van der Waals surface area contributed by atoms with E-state index in [1.807, 2.05) is 30.3 Å². The van der Waals surface area contributed by atoms with Gasteiger partial charge in [0.2, 0.25) is 6.29 Å². The SMILES string of the molecule is CC(=O)Oc1ccc(CC([C]=O)NC(=O)OCc2ccccc2)cc1. The Morgan fingerprint density at radius 1 is 1.04 bits per heavy atom. The van der Waals surface area contributed by atoms with E-state index in [0.717, 1.165) is 11.1 Å². The quantitative estimate of drug-likeness (QED) is 0.619. The zero-order chi connectivity index (χ0) is 18.1. The van der Waals surface area contributed by atoms with E-state index in [9.17, 15) is 14.4 Å². The molecule has 0 aliphatic heterocycles. The van der Waals surface area contributed by atoms with Crippen LogP contribution in [0.3, 0.4) is 0 Å². The van der Waals surface area contributed by atoms with Crippen LogP contribution in [0.1, 0.15) is 18.1 Å². The number of hydrogen-bond donors (Lipinski definition) is 1. The van der Waals surface area contributed by atoms with Crippen LogP contribution in [-0.2, 0) is 27.4 Å². The molecule has 1 amide bonds. The van der Waals surface area contributed by atoms with Crippen molar-refractivity contribution in [1.29, 1.82) is 0 Å². The van der Waals surface area contributed by atoms with E-state index in [4.69, 9.17) is 9.47 Å². The van der Waals surface area contributed by atoms with Crippen LogP contribution in [0.2, 0.25) is 0 Å². The largest absolute Gasteiger partial charge is 0.445 e. The van der Waals surface area contributed by atoms with Crippen molar-refractivity contribution in [2.24, 2.45) is 0 Å². The van der Waals surface area contributed by atoms with Crippen LogP contribution >= 0.6 is 0 Å². The van der Waals surface area contributed by atoms with Gasteiger partial charge in [-0.2, -0.15) is 0 Å². The minimum atomic E-state index is -0.831. The third-order valence-electron chi connectivity index (χ3n) is 3.27. The monoisotopic (exact) mass is 340 g/mol. The summed E-state index contributed by atoms with van der Waals surface area (Å²) in [4.78, 5) is 33.7. The van der Waals surface area contributed by atoms with Crippen molar-refractivity contribution in [3.05, 3.63) is 65.7 Å². The summed E-state index contributed by atoms with van der Waals surface area (Å²) in [6.07, 6.45) is 1.35. The number of benzene rings is 2. The Labute approximate surface area is 145 Å². The summed E-state index contributed by atoms with van der Waals surface area (Å²) in [5.41, 5.74) is 1.64. The molecule has 6 heteroatoms. The number of hydrogen-bond acceptors (Lipinski definition) is 5. The zero-order valence-electron chi connectivity index (χ0n) is 13.7. The second-order valence-corrected chi connectivity index (χ2v) is 5.32. The molecule has 2 rings (SSSR count). The molecular weight excluding hydrogens is 322 g/mol. The molecule has 0 saturated carbocycles. The lowest BCUT2D eigenvalue weighted by Crippen LogP contribution is -2.37. The lowest BCUT2D eigenvalue weighted by atomic mass is 10.1. The van der Waals surface area contributed by atoms with Gasteiger partial charge in [-0.1, -0.05) is 42.5 Å². The van der Waals surface area contributed by atoms with Crippen molar-refractivity contribution in [2.75, 3.05) is 0 Å². The van der Waals surface area contributed by atoms with Crippen molar-refractivity contribution in [3.8, 4) is 5.75 Å². The lowest BCUT2D eigenvalue weighted by molar-refractivity contribution is -0.131. The maximum atomic E-state index is 11.8. The molecular formula is C19H18NO5. The number of carbonyl (C=O) groups is 2. The maximum Gasteiger partial charge on any atom is 0.408 e. The van der Waals surface area contributed by atoms with Crippen LogP contribution in [0.25, 0.3) is 0 Å². The number of esters is 1. The molecule has 1 N–H and O–H groups in total. The molecule has 25 heavy (non-hydrogen) atoms. The Balaban J connectivity index is 1.83. The molecule has 2 aromatic rings. The molecule has 0 heterocycles. The lowest BCUT2D eigenvalue weighted by Gasteiger charge is -2.13. The summed E-state index contributed by atoms with van der Waals surface area (Å²) in [5, 5.41) is 2.46. The Bertz CT molecular complexity index is 712. The van der Waals surface area contributed by atoms with E-state index < -0.39 is 18.1 Å². The number of ether oxygens (including phenoxy) is 2. The fraction of sp³-hybridized carbons (Fsp3) is 0.211. The number of rotatable bonds is 7.